The van der Waals surface area contributed by atoms with Crippen LogP contribution in [0.25, 0.3) is 0 Å². The molecule has 0 aliphatic heterocycles. The number of hydrogen-bond acceptors (Lipinski definition) is 3. The van der Waals surface area contributed by atoms with Crippen molar-refractivity contribution in [2.24, 2.45) is 0 Å². The van der Waals surface area contributed by atoms with Gasteiger partial charge in [0.15, 0.2) is 0 Å². The van der Waals surface area contributed by atoms with Gasteiger partial charge in [-0.25, -0.2) is 4.39 Å². The number of aliphatic carboxylic acids is 1. The van der Waals surface area contributed by atoms with E-state index in [2.05, 4.69) is 37.4 Å². The highest BCUT2D eigenvalue weighted by molar-refractivity contribution is 5.66. The lowest BCUT2D eigenvalue weighted by molar-refractivity contribution is -0.136. The zero-order valence-electron chi connectivity index (χ0n) is 20.9. The summed E-state index contributed by atoms with van der Waals surface area (Å²) in [6.07, 6.45) is 2.75. The molecule has 0 radical (unpaired) electrons. The molecular weight excluding hydrogens is 441 g/mol. The summed E-state index contributed by atoms with van der Waals surface area (Å²) >= 11 is 0. The van der Waals surface area contributed by atoms with Crippen molar-refractivity contribution in [2.45, 2.75) is 58.9 Å². The van der Waals surface area contributed by atoms with Crippen LogP contribution in [-0.4, -0.2) is 24.2 Å². The van der Waals surface area contributed by atoms with Crippen LogP contribution in [0.4, 0.5) is 4.39 Å². The summed E-state index contributed by atoms with van der Waals surface area (Å²) in [5.74, 6) is 0.0778. The number of carbonyl (C=O) groups is 1. The standard InChI is InChI=1S/C30H36FNO3/c1-21-9-10-25(18-22(21)2)19-26(28-7-4-8-29(31)23(28)3)6-5-17-35-27-13-11-24(12-14-27)20-32-16-15-30(33)34/h4,7-14,18,26,32H,5-6,15-17,19-20H2,1-3H3,(H,33,34). The van der Waals surface area contributed by atoms with E-state index < -0.39 is 5.97 Å². The van der Waals surface area contributed by atoms with E-state index in [0.29, 0.717) is 19.7 Å². The molecule has 3 rings (SSSR count). The molecule has 0 fully saturated rings. The smallest absolute Gasteiger partial charge is 0.304 e. The predicted molar refractivity (Wildman–Crippen MR) is 139 cm³/mol. The van der Waals surface area contributed by atoms with Crippen LogP contribution >= 0.6 is 0 Å². The highest BCUT2D eigenvalue weighted by Crippen LogP contribution is 2.30. The molecule has 0 saturated carbocycles. The normalized spacial score (nSPS) is 11.9. The van der Waals surface area contributed by atoms with Crippen molar-refractivity contribution in [3.63, 3.8) is 0 Å². The number of nitrogens with one attached hydrogen (secondary N) is 1. The van der Waals surface area contributed by atoms with Crippen LogP contribution in [0, 0.1) is 26.6 Å². The Bertz CT molecular complexity index is 1110. The minimum Gasteiger partial charge on any atom is -0.494 e. The molecule has 3 aromatic carbocycles. The monoisotopic (exact) mass is 477 g/mol. The summed E-state index contributed by atoms with van der Waals surface area (Å²) in [5.41, 5.74) is 6.72. The Balaban J connectivity index is 1.56. The molecule has 0 aliphatic rings. The molecule has 0 aromatic heterocycles. The SMILES string of the molecule is Cc1ccc(CC(CCCOc2ccc(CNCCC(=O)O)cc2)c2cccc(F)c2C)cc1C. The first-order valence-corrected chi connectivity index (χ1v) is 12.3. The van der Waals surface area contributed by atoms with Gasteiger partial charge >= 0.3 is 5.97 Å². The maximum Gasteiger partial charge on any atom is 0.304 e. The van der Waals surface area contributed by atoms with Gasteiger partial charge in [-0.1, -0.05) is 42.5 Å². The summed E-state index contributed by atoms with van der Waals surface area (Å²) in [7, 11) is 0. The van der Waals surface area contributed by atoms with Crippen LogP contribution in [0.1, 0.15) is 58.6 Å². The molecule has 0 saturated heterocycles. The molecule has 0 bridgehead atoms. The Kier molecular flexibility index (Phi) is 9.86. The summed E-state index contributed by atoms with van der Waals surface area (Å²) in [6, 6.07) is 19.8. The number of benzene rings is 3. The zero-order valence-corrected chi connectivity index (χ0v) is 20.9. The fourth-order valence-corrected chi connectivity index (χ4v) is 4.30. The van der Waals surface area contributed by atoms with Crippen LogP contribution in [-0.2, 0) is 17.8 Å². The van der Waals surface area contributed by atoms with Crippen molar-refractivity contribution in [1.29, 1.82) is 0 Å². The highest BCUT2D eigenvalue weighted by Gasteiger charge is 2.17. The first kappa shape index (κ1) is 26.4. The number of halogens is 1. The van der Waals surface area contributed by atoms with E-state index in [1.54, 1.807) is 6.07 Å². The van der Waals surface area contributed by atoms with E-state index in [4.69, 9.17) is 9.84 Å². The van der Waals surface area contributed by atoms with Crippen LogP contribution in [0.3, 0.4) is 0 Å². The molecule has 1 unspecified atom stereocenters. The molecule has 186 valence electrons. The van der Waals surface area contributed by atoms with Gasteiger partial charge in [0.1, 0.15) is 11.6 Å². The summed E-state index contributed by atoms with van der Waals surface area (Å²) in [4.78, 5) is 10.6. The Morgan fingerprint density at radius 1 is 1.00 bits per heavy atom. The van der Waals surface area contributed by atoms with Crippen molar-refractivity contribution < 1.29 is 19.0 Å². The summed E-state index contributed by atoms with van der Waals surface area (Å²) < 4.78 is 20.3. The van der Waals surface area contributed by atoms with E-state index in [0.717, 1.165) is 41.7 Å². The molecule has 3 aromatic rings. The van der Waals surface area contributed by atoms with Crippen LogP contribution in [0.5, 0.6) is 5.75 Å². The molecule has 1 atom stereocenters. The highest BCUT2D eigenvalue weighted by atomic mass is 19.1. The van der Waals surface area contributed by atoms with E-state index in [-0.39, 0.29) is 18.2 Å². The second-order valence-corrected chi connectivity index (χ2v) is 9.23. The molecule has 35 heavy (non-hydrogen) atoms. The van der Waals surface area contributed by atoms with Gasteiger partial charge in [0.25, 0.3) is 0 Å². The van der Waals surface area contributed by atoms with Gasteiger partial charge in [0.2, 0.25) is 0 Å². The van der Waals surface area contributed by atoms with Crippen LogP contribution in [0.2, 0.25) is 0 Å². The number of aryl methyl sites for hydroxylation is 2. The third-order valence-corrected chi connectivity index (χ3v) is 6.54. The molecule has 0 heterocycles. The number of carboxylic acid groups (broad SMARTS) is 1. The van der Waals surface area contributed by atoms with Crippen molar-refractivity contribution in [2.75, 3.05) is 13.2 Å². The largest absolute Gasteiger partial charge is 0.494 e. The average Bonchev–Trinajstić information content (AvgIpc) is 2.83. The Morgan fingerprint density at radius 3 is 2.46 bits per heavy atom. The first-order chi connectivity index (χ1) is 16.8. The number of rotatable bonds is 13. The van der Waals surface area contributed by atoms with Gasteiger partial charge < -0.3 is 15.2 Å². The molecule has 4 nitrogen and oxygen atoms in total. The van der Waals surface area contributed by atoms with E-state index in [9.17, 15) is 9.18 Å². The summed E-state index contributed by atoms with van der Waals surface area (Å²) in [6.45, 7) is 7.78. The topological polar surface area (TPSA) is 58.6 Å². The lowest BCUT2D eigenvalue weighted by atomic mass is 9.85. The van der Waals surface area contributed by atoms with E-state index in [1.807, 2.05) is 37.3 Å². The average molecular weight is 478 g/mol. The number of ether oxygens (including phenoxy) is 1. The second-order valence-electron chi connectivity index (χ2n) is 9.23. The fourth-order valence-electron chi connectivity index (χ4n) is 4.30. The number of hydrogen-bond donors (Lipinski definition) is 2. The fraction of sp³-hybridized carbons (Fsp3) is 0.367. The van der Waals surface area contributed by atoms with Gasteiger partial charge in [0.05, 0.1) is 13.0 Å². The number of carboxylic acids is 1. The maximum absolute atomic E-state index is 14.3. The van der Waals surface area contributed by atoms with Crippen molar-refractivity contribution in [1.82, 2.24) is 5.32 Å². The Labute approximate surface area is 208 Å². The van der Waals surface area contributed by atoms with Crippen molar-refractivity contribution in [3.8, 4) is 5.75 Å². The quantitative estimate of drug-likeness (QED) is 0.276. The molecule has 5 heteroatoms. The maximum atomic E-state index is 14.3. The Morgan fingerprint density at radius 2 is 1.74 bits per heavy atom. The van der Waals surface area contributed by atoms with E-state index >= 15 is 0 Å². The third kappa shape index (κ3) is 8.22. The van der Waals surface area contributed by atoms with Gasteiger partial charge in [0, 0.05) is 13.1 Å². The minimum atomic E-state index is -0.801. The molecule has 2 N–H and O–H groups in total. The molecule has 0 aliphatic carbocycles. The van der Waals surface area contributed by atoms with E-state index in [1.165, 1.54) is 22.8 Å². The lowest BCUT2D eigenvalue weighted by Crippen LogP contribution is -2.17. The first-order valence-electron chi connectivity index (χ1n) is 12.3. The third-order valence-electron chi connectivity index (χ3n) is 6.54. The molecule has 0 spiro atoms. The molecular formula is C30H36FNO3. The molecule has 0 amide bonds. The second kappa shape index (κ2) is 13.1. The predicted octanol–water partition coefficient (Wildman–Crippen LogP) is 6.50. The minimum absolute atomic E-state index is 0.112. The van der Waals surface area contributed by atoms with Gasteiger partial charge in [-0.2, -0.15) is 0 Å². The van der Waals surface area contributed by atoms with Gasteiger partial charge in [-0.15, -0.1) is 0 Å². The van der Waals surface area contributed by atoms with Gasteiger partial charge in [-0.3, -0.25) is 4.79 Å². The lowest BCUT2D eigenvalue weighted by Gasteiger charge is -2.21. The van der Waals surface area contributed by atoms with Crippen LogP contribution in [0.15, 0.2) is 60.7 Å². The van der Waals surface area contributed by atoms with Crippen LogP contribution < -0.4 is 10.1 Å². The Hall–Kier alpha value is -3.18. The summed E-state index contributed by atoms with van der Waals surface area (Å²) in [5, 5.41) is 11.8. The zero-order chi connectivity index (χ0) is 25.2. The van der Waals surface area contributed by atoms with Crippen molar-refractivity contribution >= 4 is 5.97 Å². The van der Waals surface area contributed by atoms with Crippen molar-refractivity contribution in [3.05, 3.63) is 99.9 Å². The van der Waals surface area contributed by atoms with Gasteiger partial charge in [-0.05, 0) is 97.5 Å².